The monoisotopic (exact) mass is 443 g/mol. The fourth-order valence-electron chi connectivity index (χ4n) is 4.42. The van der Waals surface area contributed by atoms with Crippen molar-refractivity contribution in [2.45, 2.75) is 45.6 Å². The summed E-state index contributed by atoms with van der Waals surface area (Å²) in [5, 5.41) is 0. The predicted molar refractivity (Wildman–Crippen MR) is 125 cm³/mol. The van der Waals surface area contributed by atoms with E-state index >= 15 is 0 Å². The van der Waals surface area contributed by atoms with Crippen molar-refractivity contribution in [2.24, 2.45) is 0 Å². The van der Waals surface area contributed by atoms with Crippen LogP contribution < -0.4 is 4.90 Å². The second kappa shape index (κ2) is 9.51. The Morgan fingerprint density at radius 3 is 2.03 bits per heavy atom. The Bertz CT molecular complexity index is 1000. The van der Waals surface area contributed by atoms with E-state index in [4.69, 9.17) is 0 Å². The number of benzene rings is 2. The molecule has 1 aliphatic rings. The molecule has 168 valence electrons. The van der Waals surface area contributed by atoms with Gasteiger partial charge in [0, 0.05) is 37.9 Å². The molecule has 1 saturated heterocycles. The Kier molecular flexibility index (Phi) is 7.19. The van der Waals surface area contributed by atoms with Crippen LogP contribution in [0.3, 0.4) is 0 Å². The maximum absolute atomic E-state index is 13.3. The van der Waals surface area contributed by atoms with Crippen LogP contribution in [0.1, 0.15) is 30.5 Å². The third-order valence-corrected chi connectivity index (χ3v) is 7.92. The van der Waals surface area contributed by atoms with Crippen LogP contribution in [-0.4, -0.2) is 62.3 Å². The summed E-state index contributed by atoms with van der Waals surface area (Å²) < 4.78 is 28.1. The first kappa shape index (κ1) is 23.4. The standard InChI is InChI=1S/C24H33N3O3S/c1-18(2)27(22-9-7-6-8-10-22)23(28)17-25-11-13-26(14-12-25)31(29,30)24-20(4)15-19(3)16-21(24)5/h6-10,15-16,18H,11-14,17H2,1-5H3. The number of hydrogen-bond donors (Lipinski definition) is 0. The molecule has 0 unspecified atom stereocenters. The van der Waals surface area contributed by atoms with E-state index in [1.807, 2.05) is 86.9 Å². The second-order valence-corrected chi connectivity index (χ2v) is 10.5. The average molecular weight is 444 g/mol. The van der Waals surface area contributed by atoms with Gasteiger partial charge in [-0.3, -0.25) is 9.69 Å². The highest BCUT2D eigenvalue weighted by atomic mass is 32.2. The van der Waals surface area contributed by atoms with E-state index in [1.165, 1.54) is 0 Å². The summed E-state index contributed by atoms with van der Waals surface area (Å²) in [5.41, 5.74) is 3.51. The number of rotatable bonds is 6. The zero-order chi connectivity index (χ0) is 22.8. The lowest BCUT2D eigenvalue weighted by Crippen LogP contribution is -2.52. The van der Waals surface area contributed by atoms with Crippen LogP contribution in [0.5, 0.6) is 0 Å². The molecule has 6 nitrogen and oxygen atoms in total. The number of carbonyl (C=O) groups is 1. The summed E-state index contributed by atoms with van der Waals surface area (Å²) in [4.78, 5) is 17.3. The molecule has 1 fully saturated rings. The van der Waals surface area contributed by atoms with Crippen molar-refractivity contribution in [1.82, 2.24) is 9.21 Å². The van der Waals surface area contributed by atoms with Gasteiger partial charge < -0.3 is 4.90 Å². The van der Waals surface area contributed by atoms with Gasteiger partial charge in [-0.2, -0.15) is 4.31 Å². The first-order valence-electron chi connectivity index (χ1n) is 10.8. The Morgan fingerprint density at radius 2 is 1.52 bits per heavy atom. The molecule has 0 N–H and O–H groups in total. The number of aryl methyl sites for hydroxylation is 3. The molecule has 0 aromatic heterocycles. The van der Waals surface area contributed by atoms with E-state index in [0.29, 0.717) is 31.1 Å². The van der Waals surface area contributed by atoms with Gasteiger partial charge in [0.25, 0.3) is 0 Å². The van der Waals surface area contributed by atoms with Gasteiger partial charge in [-0.15, -0.1) is 0 Å². The van der Waals surface area contributed by atoms with Crippen LogP contribution in [0.25, 0.3) is 0 Å². The summed E-state index contributed by atoms with van der Waals surface area (Å²) in [7, 11) is -3.55. The topological polar surface area (TPSA) is 60.9 Å². The number of para-hydroxylation sites is 1. The molecule has 0 saturated carbocycles. The zero-order valence-corrected chi connectivity index (χ0v) is 19.9. The third kappa shape index (κ3) is 5.17. The number of amides is 1. The van der Waals surface area contributed by atoms with E-state index in [-0.39, 0.29) is 18.5 Å². The molecule has 1 aliphatic heterocycles. The van der Waals surface area contributed by atoms with E-state index in [2.05, 4.69) is 0 Å². The summed E-state index contributed by atoms with van der Waals surface area (Å²) in [6, 6.07) is 13.5. The molecule has 0 radical (unpaired) electrons. The van der Waals surface area contributed by atoms with Crippen molar-refractivity contribution in [3.63, 3.8) is 0 Å². The molecular formula is C24H33N3O3S. The van der Waals surface area contributed by atoms with Crippen molar-refractivity contribution >= 4 is 21.6 Å². The third-order valence-electron chi connectivity index (χ3n) is 5.71. The second-order valence-electron chi connectivity index (χ2n) is 8.60. The maximum Gasteiger partial charge on any atom is 0.243 e. The number of carbonyl (C=O) groups excluding carboxylic acids is 1. The fourth-order valence-corrected chi connectivity index (χ4v) is 6.25. The van der Waals surface area contributed by atoms with Gasteiger partial charge in [-0.25, -0.2) is 8.42 Å². The van der Waals surface area contributed by atoms with Gasteiger partial charge in [-0.1, -0.05) is 35.9 Å². The lowest BCUT2D eigenvalue weighted by atomic mass is 10.1. The Labute approximate surface area is 186 Å². The highest BCUT2D eigenvalue weighted by Crippen LogP contribution is 2.26. The van der Waals surface area contributed by atoms with Crippen LogP contribution >= 0.6 is 0 Å². The first-order valence-corrected chi connectivity index (χ1v) is 12.2. The molecule has 0 spiro atoms. The van der Waals surface area contributed by atoms with Crippen LogP contribution in [0.4, 0.5) is 5.69 Å². The van der Waals surface area contributed by atoms with Crippen molar-refractivity contribution in [3.8, 4) is 0 Å². The molecule has 0 bridgehead atoms. The normalized spacial score (nSPS) is 15.9. The number of hydrogen-bond acceptors (Lipinski definition) is 4. The van der Waals surface area contributed by atoms with Gasteiger partial charge in [-0.05, 0) is 57.9 Å². The Hall–Kier alpha value is -2.22. The molecular weight excluding hydrogens is 410 g/mol. The molecule has 1 heterocycles. The van der Waals surface area contributed by atoms with Crippen molar-refractivity contribution in [1.29, 1.82) is 0 Å². The predicted octanol–water partition coefficient (Wildman–Crippen LogP) is 3.36. The van der Waals surface area contributed by atoms with Gasteiger partial charge in [0.15, 0.2) is 0 Å². The Balaban J connectivity index is 1.67. The van der Waals surface area contributed by atoms with E-state index in [1.54, 1.807) is 4.31 Å². The minimum absolute atomic E-state index is 0.0303. The van der Waals surface area contributed by atoms with Crippen molar-refractivity contribution < 1.29 is 13.2 Å². The van der Waals surface area contributed by atoms with Crippen LogP contribution in [0.2, 0.25) is 0 Å². The summed E-state index contributed by atoms with van der Waals surface area (Å²) in [6.45, 7) is 11.8. The van der Waals surface area contributed by atoms with Gasteiger partial charge in [0.1, 0.15) is 0 Å². The number of piperazine rings is 1. The first-order chi connectivity index (χ1) is 14.6. The Morgan fingerprint density at radius 1 is 0.968 bits per heavy atom. The van der Waals surface area contributed by atoms with Gasteiger partial charge in [0.2, 0.25) is 15.9 Å². The summed E-state index contributed by atoms with van der Waals surface area (Å²) in [5.74, 6) is 0.0303. The number of anilines is 1. The molecule has 0 aliphatic carbocycles. The highest BCUT2D eigenvalue weighted by molar-refractivity contribution is 7.89. The zero-order valence-electron chi connectivity index (χ0n) is 19.1. The average Bonchev–Trinajstić information content (AvgIpc) is 2.68. The van der Waals surface area contributed by atoms with E-state index in [0.717, 1.165) is 22.4 Å². The minimum atomic E-state index is -3.55. The van der Waals surface area contributed by atoms with Gasteiger partial charge >= 0.3 is 0 Å². The van der Waals surface area contributed by atoms with E-state index in [9.17, 15) is 13.2 Å². The molecule has 0 atom stereocenters. The summed E-state index contributed by atoms with van der Waals surface area (Å²) >= 11 is 0. The van der Waals surface area contributed by atoms with E-state index < -0.39 is 10.0 Å². The lowest BCUT2D eigenvalue weighted by Gasteiger charge is -2.36. The minimum Gasteiger partial charge on any atom is -0.309 e. The fraction of sp³-hybridized carbons (Fsp3) is 0.458. The maximum atomic E-state index is 13.3. The van der Waals surface area contributed by atoms with Crippen molar-refractivity contribution in [3.05, 3.63) is 59.2 Å². The molecule has 7 heteroatoms. The quantitative estimate of drug-likeness (QED) is 0.687. The van der Waals surface area contributed by atoms with Crippen LogP contribution in [0.15, 0.2) is 47.4 Å². The lowest BCUT2D eigenvalue weighted by molar-refractivity contribution is -0.120. The smallest absolute Gasteiger partial charge is 0.243 e. The SMILES string of the molecule is Cc1cc(C)c(S(=O)(=O)N2CCN(CC(=O)N(c3ccccc3)C(C)C)CC2)c(C)c1. The number of nitrogens with zero attached hydrogens (tertiary/aromatic N) is 3. The molecule has 2 aromatic carbocycles. The molecule has 31 heavy (non-hydrogen) atoms. The molecule has 1 amide bonds. The van der Waals surface area contributed by atoms with Gasteiger partial charge in [0.05, 0.1) is 11.4 Å². The van der Waals surface area contributed by atoms with Crippen LogP contribution in [-0.2, 0) is 14.8 Å². The van der Waals surface area contributed by atoms with Crippen molar-refractivity contribution in [2.75, 3.05) is 37.6 Å². The number of sulfonamides is 1. The molecule has 2 aromatic rings. The largest absolute Gasteiger partial charge is 0.309 e. The highest BCUT2D eigenvalue weighted by Gasteiger charge is 2.32. The molecule has 3 rings (SSSR count). The van der Waals surface area contributed by atoms with Crippen LogP contribution in [0, 0.1) is 20.8 Å². The summed E-state index contributed by atoms with van der Waals surface area (Å²) in [6.07, 6.45) is 0.